The van der Waals surface area contributed by atoms with Crippen LogP contribution >= 0.6 is 0 Å². The Labute approximate surface area is 174 Å². The van der Waals surface area contributed by atoms with Gasteiger partial charge in [0, 0.05) is 6.42 Å². The van der Waals surface area contributed by atoms with Crippen molar-refractivity contribution >= 4 is 5.97 Å². The molecule has 5 heteroatoms. The fourth-order valence-electron chi connectivity index (χ4n) is 8.68. The van der Waals surface area contributed by atoms with Crippen molar-refractivity contribution in [3.05, 3.63) is 0 Å². The van der Waals surface area contributed by atoms with Crippen LogP contribution in [0.3, 0.4) is 0 Å². The lowest BCUT2D eigenvalue weighted by atomic mass is 9.43. The van der Waals surface area contributed by atoms with Crippen LogP contribution in [0.15, 0.2) is 0 Å². The van der Waals surface area contributed by atoms with E-state index >= 15 is 0 Å². The molecule has 0 aromatic carbocycles. The van der Waals surface area contributed by atoms with Crippen molar-refractivity contribution in [3.63, 3.8) is 0 Å². The second-order valence-electron chi connectivity index (χ2n) is 11.4. The second-order valence-corrected chi connectivity index (χ2v) is 11.4. The van der Waals surface area contributed by atoms with E-state index in [2.05, 4.69) is 20.8 Å². The monoisotopic (exact) mass is 408 g/mol. The Morgan fingerprint density at radius 2 is 1.76 bits per heavy atom. The van der Waals surface area contributed by atoms with Gasteiger partial charge in [-0.3, -0.25) is 4.79 Å². The number of carboxylic acid groups (broad SMARTS) is 1. The van der Waals surface area contributed by atoms with E-state index in [1.54, 1.807) is 0 Å². The van der Waals surface area contributed by atoms with Crippen LogP contribution < -0.4 is 0 Å². The molecule has 4 aliphatic carbocycles. The van der Waals surface area contributed by atoms with Crippen LogP contribution in [0.2, 0.25) is 0 Å². The SMILES string of the molecule is C[C@H](CCC(=O)O)C1CC[C@H]2[C@@H]3[C@H](O)C[C@@H]4C[C@H](O)CC[C@]4(C)[C@H]3C[C@H](O)C12C. The lowest BCUT2D eigenvalue weighted by molar-refractivity contribution is -0.207. The van der Waals surface area contributed by atoms with Crippen molar-refractivity contribution < 1.29 is 25.2 Å². The van der Waals surface area contributed by atoms with Gasteiger partial charge < -0.3 is 20.4 Å². The summed E-state index contributed by atoms with van der Waals surface area (Å²) in [6, 6.07) is 0. The number of carbonyl (C=O) groups is 1. The van der Waals surface area contributed by atoms with E-state index < -0.39 is 12.1 Å². The van der Waals surface area contributed by atoms with Gasteiger partial charge >= 0.3 is 5.97 Å². The van der Waals surface area contributed by atoms with E-state index in [1.165, 1.54) is 0 Å². The summed E-state index contributed by atoms with van der Waals surface area (Å²) in [7, 11) is 0. The van der Waals surface area contributed by atoms with E-state index in [4.69, 9.17) is 5.11 Å². The summed E-state index contributed by atoms with van der Waals surface area (Å²) in [5, 5.41) is 42.0. The Morgan fingerprint density at radius 1 is 1.03 bits per heavy atom. The largest absolute Gasteiger partial charge is 0.481 e. The predicted octanol–water partition coefficient (Wildman–Crippen LogP) is 3.45. The van der Waals surface area contributed by atoms with Gasteiger partial charge in [-0.2, -0.15) is 0 Å². The molecule has 0 spiro atoms. The summed E-state index contributed by atoms with van der Waals surface area (Å²) in [6.45, 7) is 6.72. The fraction of sp³-hybridized carbons (Fsp3) is 0.958. The molecule has 5 nitrogen and oxygen atoms in total. The van der Waals surface area contributed by atoms with Crippen molar-refractivity contribution in [2.75, 3.05) is 0 Å². The Bertz CT molecular complexity index is 637. The Balaban J connectivity index is 1.61. The van der Waals surface area contributed by atoms with Crippen molar-refractivity contribution in [1.29, 1.82) is 0 Å². The number of hydrogen-bond acceptors (Lipinski definition) is 4. The number of hydrogen-bond donors (Lipinski definition) is 4. The molecule has 166 valence electrons. The van der Waals surface area contributed by atoms with Crippen LogP contribution in [0, 0.1) is 46.3 Å². The van der Waals surface area contributed by atoms with Crippen LogP contribution in [0.4, 0.5) is 0 Å². The van der Waals surface area contributed by atoms with Crippen molar-refractivity contribution in [1.82, 2.24) is 0 Å². The number of rotatable bonds is 4. The van der Waals surface area contributed by atoms with Gasteiger partial charge in [0.05, 0.1) is 18.3 Å². The normalized spacial score (nSPS) is 52.9. The first-order valence-electron chi connectivity index (χ1n) is 11.8. The van der Waals surface area contributed by atoms with Crippen LogP contribution in [-0.2, 0) is 4.79 Å². The minimum atomic E-state index is -0.748. The summed E-state index contributed by atoms with van der Waals surface area (Å²) >= 11 is 0. The van der Waals surface area contributed by atoms with Gasteiger partial charge in [0.2, 0.25) is 0 Å². The molecule has 2 unspecified atom stereocenters. The quantitative estimate of drug-likeness (QED) is 0.571. The molecule has 4 rings (SSSR count). The molecule has 0 saturated heterocycles. The van der Waals surface area contributed by atoms with Gasteiger partial charge in [-0.05, 0) is 97.7 Å². The third-order valence-corrected chi connectivity index (χ3v) is 10.3. The highest BCUT2D eigenvalue weighted by molar-refractivity contribution is 5.66. The zero-order valence-corrected chi connectivity index (χ0v) is 18.3. The van der Waals surface area contributed by atoms with Crippen molar-refractivity contribution in [3.8, 4) is 0 Å². The highest BCUT2D eigenvalue weighted by Gasteiger charge is 2.65. The fourth-order valence-corrected chi connectivity index (χ4v) is 8.68. The Morgan fingerprint density at radius 3 is 2.45 bits per heavy atom. The zero-order valence-electron chi connectivity index (χ0n) is 18.3. The molecule has 0 radical (unpaired) electrons. The summed E-state index contributed by atoms with van der Waals surface area (Å²) in [5.41, 5.74) is -0.143. The number of aliphatic hydroxyl groups is 3. The Hall–Kier alpha value is -0.650. The maximum Gasteiger partial charge on any atom is 0.303 e. The highest BCUT2D eigenvalue weighted by atomic mass is 16.4. The molecule has 0 heterocycles. The van der Waals surface area contributed by atoms with Crippen molar-refractivity contribution in [2.24, 2.45) is 46.3 Å². The first-order valence-corrected chi connectivity index (χ1v) is 11.8. The molecular formula is C24H40O5. The third-order valence-electron chi connectivity index (χ3n) is 10.3. The molecule has 11 atom stereocenters. The van der Waals surface area contributed by atoms with Gasteiger partial charge in [-0.25, -0.2) is 0 Å². The average Bonchev–Trinajstić information content (AvgIpc) is 3.01. The van der Waals surface area contributed by atoms with Gasteiger partial charge in [0.1, 0.15) is 0 Å². The van der Waals surface area contributed by atoms with E-state index in [-0.39, 0.29) is 41.3 Å². The first kappa shape index (κ1) is 21.6. The lowest BCUT2D eigenvalue weighted by Crippen LogP contribution is -2.62. The van der Waals surface area contributed by atoms with E-state index in [9.17, 15) is 20.1 Å². The van der Waals surface area contributed by atoms with Gasteiger partial charge in [0.15, 0.2) is 0 Å². The number of aliphatic carboxylic acids is 1. The number of carboxylic acids is 1. The van der Waals surface area contributed by atoms with E-state index in [1.807, 2.05) is 0 Å². The van der Waals surface area contributed by atoms with Gasteiger partial charge in [0.25, 0.3) is 0 Å². The van der Waals surface area contributed by atoms with Gasteiger partial charge in [-0.15, -0.1) is 0 Å². The molecule has 4 N–H and O–H groups in total. The van der Waals surface area contributed by atoms with Crippen LogP contribution in [0.5, 0.6) is 0 Å². The summed E-state index contributed by atoms with van der Waals surface area (Å²) < 4.78 is 0. The van der Waals surface area contributed by atoms with Gasteiger partial charge in [-0.1, -0.05) is 20.8 Å². The first-order chi connectivity index (χ1) is 13.6. The summed E-state index contributed by atoms with van der Waals surface area (Å²) in [6.07, 6.45) is 6.00. The molecule has 4 fully saturated rings. The summed E-state index contributed by atoms with van der Waals surface area (Å²) in [4.78, 5) is 11.1. The smallest absolute Gasteiger partial charge is 0.303 e. The lowest BCUT2D eigenvalue weighted by Gasteiger charge is -2.63. The average molecular weight is 409 g/mol. The topological polar surface area (TPSA) is 98.0 Å². The molecule has 0 aromatic heterocycles. The molecule has 0 bridgehead atoms. The van der Waals surface area contributed by atoms with E-state index in [0.29, 0.717) is 30.1 Å². The van der Waals surface area contributed by atoms with Crippen LogP contribution in [0.25, 0.3) is 0 Å². The standard InChI is InChI=1S/C24H40O5/c1-13(4-7-21(28)29)16-5-6-17-22-18(12-20(27)24(16,17)3)23(2)9-8-15(25)10-14(23)11-19(22)26/h13-20,22,25-27H,4-12H2,1-3H3,(H,28,29)/t13-,14+,15-,16?,17+,18+,19-,20+,22+,23+,24?/m1/s1. The van der Waals surface area contributed by atoms with Crippen molar-refractivity contribution in [2.45, 2.75) is 96.9 Å². The predicted molar refractivity (Wildman–Crippen MR) is 110 cm³/mol. The number of aliphatic hydroxyl groups excluding tert-OH is 3. The molecule has 29 heavy (non-hydrogen) atoms. The molecule has 0 aliphatic heterocycles. The molecule has 0 amide bonds. The van der Waals surface area contributed by atoms with Crippen LogP contribution in [-0.4, -0.2) is 44.7 Å². The second kappa shape index (κ2) is 7.49. The highest BCUT2D eigenvalue weighted by Crippen LogP contribution is 2.68. The minimum absolute atomic E-state index is 0.0957. The maximum atomic E-state index is 11.5. The third kappa shape index (κ3) is 3.27. The molecular weight excluding hydrogens is 368 g/mol. The number of fused-ring (bicyclic) bond motifs is 5. The maximum absolute atomic E-state index is 11.5. The minimum Gasteiger partial charge on any atom is -0.481 e. The molecule has 4 aliphatic rings. The Kier molecular flexibility index (Phi) is 5.57. The molecule has 4 saturated carbocycles. The van der Waals surface area contributed by atoms with Crippen LogP contribution in [0.1, 0.15) is 78.6 Å². The zero-order chi connectivity index (χ0) is 21.1. The van der Waals surface area contributed by atoms with E-state index in [0.717, 1.165) is 44.9 Å². The molecule has 0 aromatic rings. The summed E-state index contributed by atoms with van der Waals surface area (Å²) in [5.74, 6) is 0.997.